The molecule has 1 amide bonds. The molecule has 0 aromatic carbocycles. The maximum atomic E-state index is 11.6. The molecular weight excluding hydrogens is 196 g/mol. The normalized spacial score (nSPS) is 16.9. The highest BCUT2D eigenvalue weighted by molar-refractivity contribution is 7.12. The third-order valence-electron chi connectivity index (χ3n) is 2.06. The number of thiophene rings is 1. The molecule has 1 aliphatic rings. The number of hydrogen-bond acceptors (Lipinski definition) is 3. The Hall–Kier alpha value is -1.13. The van der Waals surface area contributed by atoms with Crippen LogP contribution in [-0.4, -0.2) is 24.0 Å². The van der Waals surface area contributed by atoms with Crippen molar-refractivity contribution in [2.45, 2.75) is 6.42 Å². The van der Waals surface area contributed by atoms with Crippen molar-refractivity contribution in [2.75, 3.05) is 13.1 Å². The van der Waals surface area contributed by atoms with E-state index in [0.717, 1.165) is 24.4 Å². The standard InChI is InChI=1S/C10H12N2OS/c13-10(9-5-4-8-14-9)11-12-6-2-1-3-7-12/h1-2,4-5,8H,3,6-7H2,(H,11,13). The van der Waals surface area contributed by atoms with Crippen molar-refractivity contribution in [3.8, 4) is 0 Å². The van der Waals surface area contributed by atoms with E-state index in [9.17, 15) is 4.79 Å². The van der Waals surface area contributed by atoms with E-state index in [1.807, 2.05) is 22.5 Å². The van der Waals surface area contributed by atoms with Crippen LogP contribution < -0.4 is 5.43 Å². The molecule has 0 spiro atoms. The summed E-state index contributed by atoms with van der Waals surface area (Å²) in [5, 5.41) is 3.84. The SMILES string of the molecule is O=C(NN1CC=CCC1)c1cccs1. The molecule has 1 aromatic rings. The minimum atomic E-state index is -0.00435. The predicted molar refractivity (Wildman–Crippen MR) is 57.1 cm³/mol. The summed E-state index contributed by atoms with van der Waals surface area (Å²) in [6.45, 7) is 1.70. The highest BCUT2D eigenvalue weighted by atomic mass is 32.1. The molecule has 0 aliphatic carbocycles. The van der Waals surface area contributed by atoms with Crippen molar-refractivity contribution in [3.63, 3.8) is 0 Å². The van der Waals surface area contributed by atoms with Gasteiger partial charge in [-0.25, -0.2) is 5.01 Å². The first-order valence-electron chi connectivity index (χ1n) is 4.61. The minimum Gasteiger partial charge on any atom is -0.284 e. The van der Waals surface area contributed by atoms with Gasteiger partial charge in [0.05, 0.1) is 4.88 Å². The van der Waals surface area contributed by atoms with Crippen molar-refractivity contribution >= 4 is 17.2 Å². The summed E-state index contributed by atoms with van der Waals surface area (Å²) in [6.07, 6.45) is 5.21. The fourth-order valence-electron chi connectivity index (χ4n) is 1.35. The fourth-order valence-corrected chi connectivity index (χ4v) is 1.96. The molecule has 0 atom stereocenters. The van der Waals surface area contributed by atoms with Gasteiger partial charge in [-0.2, -0.15) is 0 Å². The Balaban J connectivity index is 1.91. The Morgan fingerprint density at radius 1 is 1.50 bits per heavy atom. The molecule has 4 heteroatoms. The molecule has 14 heavy (non-hydrogen) atoms. The van der Waals surface area contributed by atoms with E-state index in [1.54, 1.807) is 0 Å². The van der Waals surface area contributed by atoms with Crippen LogP contribution >= 0.6 is 11.3 Å². The van der Waals surface area contributed by atoms with E-state index < -0.39 is 0 Å². The van der Waals surface area contributed by atoms with E-state index in [4.69, 9.17) is 0 Å². The van der Waals surface area contributed by atoms with Crippen LogP contribution in [0, 0.1) is 0 Å². The first-order valence-corrected chi connectivity index (χ1v) is 5.48. The number of nitrogens with zero attached hydrogens (tertiary/aromatic N) is 1. The second kappa shape index (κ2) is 4.39. The predicted octanol–water partition coefficient (Wildman–Crippen LogP) is 1.65. The number of amides is 1. The molecule has 3 nitrogen and oxygen atoms in total. The summed E-state index contributed by atoms with van der Waals surface area (Å²) in [4.78, 5) is 12.4. The number of carbonyl (C=O) groups excluding carboxylic acids is 1. The molecule has 74 valence electrons. The van der Waals surface area contributed by atoms with Gasteiger partial charge in [-0.1, -0.05) is 18.2 Å². The van der Waals surface area contributed by atoms with E-state index in [-0.39, 0.29) is 5.91 Å². The Bertz CT molecular complexity index is 332. The monoisotopic (exact) mass is 208 g/mol. The van der Waals surface area contributed by atoms with Gasteiger partial charge in [-0.15, -0.1) is 11.3 Å². The van der Waals surface area contributed by atoms with Gasteiger partial charge in [0.25, 0.3) is 5.91 Å². The van der Waals surface area contributed by atoms with Crippen molar-refractivity contribution in [2.24, 2.45) is 0 Å². The highest BCUT2D eigenvalue weighted by Crippen LogP contribution is 2.08. The number of nitrogens with one attached hydrogen (secondary N) is 1. The fraction of sp³-hybridized carbons (Fsp3) is 0.300. The molecule has 0 fully saturated rings. The quantitative estimate of drug-likeness (QED) is 0.750. The lowest BCUT2D eigenvalue weighted by Crippen LogP contribution is -2.43. The van der Waals surface area contributed by atoms with Crippen LogP contribution in [-0.2, 0) is 0 Å². The number of carbonyl (C=O) groups is 1. The lowest BCUT2D eigenvalue weighted by Gasteiger charge is -2.23. The molecule has 1 aromatic heterocycles. The summed E-state index contributed by atoms with van der Waals surface area (Å²) < 4.78 is 0. The molecule has 1 N–H and O–H groups in total. The summed E-state index contributed by atoms with van der Waals surface area (Å²) in [7, 11) is 0. The molecule has 0 unspecified atom stereocenters. The number of rotatable bonds is 2. The highest BCUT2D eigenvalue weighted by Gasteiger charge is 2.11. The Morgan fingerprint density at radius 2 is 2.43 bits per heavy atom. The summed E-state index contributed by atoms with van der Waals surface area (Å²) in [5.74, 6) is -0.00435. The van der Waals surface area contributed by atoms with Gasteiger partial charge < -0.3 is 0 Å². The Morgan fingerprint density at radius 3 is 3.07 bits per heavy atom. The van der Waals surface area contributed by atoms with Gasteiger partial charge in [-0.3, -0.25) is 10.2 Å². The van der Waals surface area contributed by atoms with Crippen LogP contribution in [0.15, 0.2) is 29.7 Å². The number of hydrogen-bond donors (Lipinski definition) is 1. The second-order valence-electron chi connectivity index (χ2n) is 3.12. The van der Waals surface area contributed by atoms with Gasteiger partial charge in [0, 0.05) is 13.1 Å². The smallest absolute Gasteiger partial charge is 0.275 e. The van der Waals surface area contributed by atoms with E-state index in [1.165, 1.54) is 11.3 Å². The van der Waals surface area contributed by atoms with Crippen LogP contribution in [0.5, 0.6) is 0 Å². The van der Waals surface area contributed by atoms with Crippen LogP contribution in [0.4, 0.5) is 0 Å². The summed E-state index contributed by atoms with van der Waals surface area (Å²) in [6, 6.07) is 3.72. The molecule has 2 heterocycles. The summed E-state index contributed by atoms with van der Waals surface area (Å²) >= 11 is 1.46. The van der Waals surface area contributed by atoms with Crippen molar-refractivity contribution in [1.29, 1.82) is 0 Å². The lowest BCUT2D eigenvalue weighted by atomic mass is 10.3. The average molecular weight is 208 g/mol. The van der Waals surface area contributed by atoms with Crippen molar-refractivity contribution < 1.29 is 4.79 Å². The first kappa shape index (κ1) is 9.43. The van der Waals surface area contributed by atoms with E-state index in [0.29, 0.717) is 0 Å². The minimum absolute atomic E-state index is 0.00435. The molecule has 2 rings (SSSR count). The van der Waals surface area contributed by atoms with Gasteiger partial charge in [0.1, 0.15) is 0 Å². The van der Waals surface area contributed by atoms with E-state index in [2.05, 4.69) is 17.6 Å². The molecule has 0 bridgehead atoms. The van der Waals surface area contributed by atoms with Gasteiger partial charge in [-0.05, 0) is 17.9 Å². The maximum Gasteiger partial charge on any atom is 0.275 e. The topological polar surface area (TPSA) is 32.3 Å². The van der Waals surface area contributed by atoms with E-state index >= 15 is 0 Å². The Kier molecular flexibility index (Phi) is 2.96. The zero-order chi connectivity index (χ0) is 9.80. The Labute approximate surface area is 87.0 Å². The average Bonchev–Trinajstić information content (AvgIpc) is 2.72. The van der Waals surface area contributed by atoms with Crippen molar-refractivity contribution in [3.05, 3.63) is 34.5 Å². The van der Waals surface area contributed by atoms with Gasteiger partial charge in [0.15, 0.2) is 0 Å². The zero-order valence-corrected chi connectivity index (χ0v) is 8.59. The van der Waals surface area contributed by atoms with Crippen LogP contribution in [0.1, 0.15) is 16.1 Å². The maximum absolute atomic E-state index is 11.6. The van der Waals surface area contributed by atoms with Crippen LogP contribution in [0.3, 0.4) is 0 Å². The largest absolute Gasteiger partial charge is 0.284 e. The van der Waals surface area contributed by atoms with Gasteiger partial charge in [0.2, 0.25) is 0 Å². The summed E-state index contributed by atoms with van der Waals surface area (Å²) in [5.41, 5.74) is 2.87. The third kappa shape index (κ3) is 2.21. The molecule has 0 saturated carbocycles. The number of hydrazine groups is 1. The third-order valence-corrected chi connectivity index (χ3v) is 2.93. The first-order chi connectivity index (χ1) is 6.86. The van der Waals surface area contributed by atoms with Crippen molar-refractivity contribution in [1.82, 2.24) is 10.4 Å². The van der Waals surface area contributed by atoms with Gasteiger partial charge >= 0.3 is 0 Å². The molecule has 0 saturated heterocycles. The van der Waals surface area contributed by atoms with Crippen LogP contribution in [0.25, 0.3) is 0 Å². The molecule has 0 radical (unpaired) electrons. The zero-order valence-electron chi connectivity index (χ0n) is 7.77. The second-order valence-corrected chi connectivity index (χ2v) is 4.07. The van der Waals surface area contributed by atoms with Crippen LogP contribution in [0.2, 0.25) is 0 Å². The molecule has 1 aliphatic heterocycles. The lowest BCUT2D eigenvalue weighted by molar-refractivity contribution is 0.0809. The molecular formula is C10H12N2OS.